The monoisotopic (exact) mass is 156 g/mol. The predicted molar refractivity (Wildman–Crippen MR) is 19.0 cm³/mol. The van der Waals surface area contributed by atoms with E-state index in [4.69, 9.17) is 0 Å². The van der Waals surface area contributed by atoms with Gasteiger partial charge < -0.3 is 0 Å². The van der Waals surface area contributed by atoms with Gasteiger partial charge in [0.05, 0.1) is 0 Å². The molecule has 0 atom stereocenters. The first-order chi connectivity index (χ1) is 1.73. The second-order valence-electron chi connectivity index (χ2n) is 0.247. The Hall–Kier alpha value is 0.881. The molecule has 0 saturated heterocycles. The molecule has 0 aliphatic carbocycles. The molecule has 0 aromatic heterocycles. The van der Waals surface area contributed by atoms with Crippen molar-refractivity contribution in [1.29, 1.82) is 0 Å². The zero-order valence-corrected chi connectivity index (χ0v) is 3.02. The van der Waals surface area contributed by atoms with Gasteiger partial charge in [0.25, 0.3) is 0 Å². The van der Waals surface area contributed by atoms with Crippen LogP contribution in [0.25, 0.3) is 0 Å². The maximum Gasteiger partial charge on any atom is 0.762 e. The van der Waals surface area contributed by atoms with Crippen LogP contribution in [-0.2, 0) is 16.5 Å². The van der Waals surface area contributed by atoms with Crippen LogP contribution in [0.3, 0.4) is 0 Å². The van der Waals surface area contributed by atoms with Gasteiger partial charge in [0.1, 0.15) is 0 Å². The van der Waals surface area contributed by atoms with Crippen molar-refractivity contribution >= 4 is 24.9 Å². The average molecular weight is 157 g/mol. The van der Waals surface area contributed by atoms with Gasteiger partial charge >= 0.3 is 7.54 Å². The minimum atomic E-state index is -3.67. The molecule has 6 heavy (non-hydrogen) atoms. The zero-order chi connectivity index (χ0) is 3.58. The van der Waals surface area contributed by atoms with E-state index >= 15 is 0 Å². The van der Waals surface area contributed by atoms with E-state index in [1.165, 1.54) is 0 Å². The fraction of sp³-hybridized carbons (Fsp3) is 0. The summed E-state index contributed by atoms with van der Waals surface area (Å²) in [6.45, 7) is 0. The number of hydrogen-bond acceptors (Lipinski definition) is 0. The smallest absolute Gasteiger partial charge is 0.254 e. The fourth-order valence-electron chi connectivity index (χ4n) is 0. The third-order valence-electron chi connectivity index (χ3n) is 0. The molecule has 0 amide bonds. The Morgan fingerprint density at radius 2 is 1.00 bits per heavy atom. The number of rotatable bonds is 0. The van der Waals surface area contributed by atoms with Gasteiger partial charge in [-0.2, -0.15) is 0 Å². The van der Waals surface area contributed by atoms with Gasteiger partial charge in [0.15, 0.2) is 17.4 Å². The van der Waals surface area contributed by atoms with Crippen LogP contribution in [0.2, 0.25) is 0 Å². The maximum atomic E-state index is 9.67. The van der Waals surface area contributed by atoms with Crippen LogP contribution in [0.1, 0.15) is 0 Å². The summed E-state index contributed by atoms with van der Waals surface area (Å²) in [7, 11) is -3.67. The summed E-state index contributed by atoms with van der Waals surface area (Å²) < 4.78 is 29.0. The van der Waals surface area contributed by atoms with Crippen LogP contribution in [0, 0.1) is 0 Å². The normalized spacial score (nSPS) is 4.50. The summed E-state index contributed by atoms with van der Waals surface area (Å²) in [4.78, 5) is 0. The molecule has 0 aliphatic rings. The van der Waals surface area contributed by atoms with Crippen LogP contribution < -0.4 is 0 Å². The predicted octanol–water partition coefficient (Wildman–Crippen LogP) is -0.307. The van der Waals surface area contributed by atoms with Gasteiger partial charge in [-0.3, -0.25) is 12.9 Å². The summed E-state index contributed by atoms with van der Waals surface area (Å²) in [5.74, 6) is 0. The summed E-state index contributed by atoms with van der Waals surface area (Å²) in [6, 6.07) is 0. The van der Waals surface area contributed by atoms with E-state index in [1.54, 1.807) is 0 Å². The van der Waals surface area contributed by atoms with Crippen molar-refractivity contribution in [2.24, 2.45) is 0 Å². The topological polar surface area (TPSA) is 0 Å². The molecule has 0 rings (SSSR count). The molecule has 0 aromatic rings. The van der Waals surface area contributed by atoms with E-state index in [9.17, 15) is 12.9 Å². The van der Waals surface area contributed by atoms with Crippen molar-refractivity contribution in [3.63, 3.8) is 0 Å². The summed E-state index contributed by atoms with van der Waals surface area (Å²) >= 11 is 0. The van der Waals surface area contributed by atoms with Gasteiger partial charge in [0.2, 0.25) is 0 Å². The van der Waals surface area contributed by atoms with Gasteiger partial charge in [-0.15, -0.1) is 0 Å². The minimum absolute atomic E-state index is 0. The van der Waals surface area contributed by atoms with Crippen molar-refractivity contribution in [3.8, 4) is 0 Å². The largest absolute Gasteiger partial charge is 0.762 e. The Balaban J connectivity index is -0.0000000450. The van der Waals surface area contributed by atoms with Crippen LogP contribution >= 0.6 is 0 Å². The molecule has 0 unspecified atom stereocenters. The molecule has 0 radical (unpaired) electrons. The Labute approximate surface area is 54.8 Å². The minimum Gasteiger partial charge on any atom is -0.254 e. The second kappa shape index (κ2) is 9.30. The molecule has 0 aliphatic heterocycles. The molecule has 0 aromatic carbocycles. The average Bonchev–Trinajstić information content (AvgIpc) is 0.811. The van der Waals surface area contributed by atoms with Crippen molar-refractivity contribution < 1.29 is 29.4 Å². The Morgan fingerprint density at radius 1 is 1.00 bits per heavy atom. The van der Waals surface area contributed by atoms with Gasteiger partial charge in [-0.1, -0.05) is 0 Å². The number of hydrogen-bond donors (Lipinski definition) is 0. The third kappa shape index (κ3) is 94.7. The van der Waals surface area contributed by atoms with Gasteiger partial charge in [-0.05, 0) is 0 Å². The van der Waals surface area contributed by atoms with Gasteiger partial charge in [0, 0.05) is 16.5 Å². The van der Waals surface area contributed by atoms with E-state index in [-0.39, 0.29) is 33.9 Å². The zero-order valence-electron chi connectivity index (χ0n) is 2.03. The molecule has 0 spiro atoms. The van der Waals surface area contributed by atoms with E-state index in [0.29, 0.717) is 0 Å². The quantitative estimate of drug-likeness (QED) is 0.422. The first-order valence-electron chi connectivity index (χ1n) is 0.655. The summed E-state index contributed by atoms with van der Waals surface area (Å²) in [6.07, 6.45) is 0. The molecule has 0 heterocycles. The Kier molecular flexibility index (Phi) is 24.5. The second-order valence-corrected chi connectivity index (χ2v) is 0.247. The fourth-order valence-corrected chi connectivity index (χ4v) is 0. The Morgan fingerprint density at radius 3 is 1.00 bits per heavy atom. The molecule has 6 heteroatoms. The van der Waals surface area contributed by atoms with E-state index < -0.39 is 7.54 Å². The van der Waals surface area contributed by atoms with Crippen LogP contribution in [-0.4, -0.2) is 24.9 Å². The molecule has 0 nitrogen and oxygen atoms in total. The third-order valence-corrected chi connectivity index (χ3v) is 0. The maximum absolute atomic E-state index is 9.67. The van der Waals surface area contributed by atoms with Crippen molar-refractivity contribution in [2.45, 2.75) is 0 Å². The summed E-state index contributed by atoms with van der Waals surface area (Å²) in [5, 5.41) is 0. The van der Waals surface area contributed by atoms with Crippen molar-refractivity contribution in [2.75, 3.05) is 0 Å². The molecular formula is H3AlBF3Ni. The summed E-state index contributed by atoms with van der Waals surface area (Å²) in [5.41, 5.74) is 0. The van der Waals surface area contributed by atoms with Crippen molar-refractivity contribution in [3.05, 3.63) is 0 Å². The first kappa shape index (κ1) is 15.8. The van der Waals surface area contributed by atoms with Crippen LogP contribution in [0.15, 0.2) is 0 Å². The van der Waals surface area contributed by atoms with Gasteiger partial charge in [-0.25, -0.2) is 0 Å². The van der Waals surface area contributed by atoms with Crippen LogP contribution in [0.5, 0.6) is 0 Å². The Bertz CT molecular complexity index is 15.5. The van der Waals surface area contributed by atoms with E-state index in [2.05, 4.69) is 0 Å². The standard InChI is InChI=1S/Al.BF3.Ni.3H/c;2-1(3)4;;;;. The van der Waals surface area contributed by atoms with E-state index in [1.807, 2.05) is 0 Å². The van der Waals surface area contributed by atoms with Crippen molar-refractivity contribution in [1.82, 2.24) is 0 Å². The molecule has 0 saturated carbocycles. The SMILES string of the molecule is FB(F)F.[AlH3].[Ni]. The number of halogens is 3. The molecule has 0 N–H and O–H groups in total. The van der Waals surface area contributed by atoms with Crippen LogP contribution in [0.4, 0.5) is 12.9 Å². The van der Waals surface area contributed by atoms with E-state index in [0.717, 1.165) is 0 Å². The molecular weight excluding hydrogens is 153 g/mol. The molecule has 40 valence electrons. The molecule has 0 fully saturated rings. The first-order valence-corrected chi connectivity index (χ1v) is 0.655. The molecule has 0 bridgehead atoms.